The van der Waals surface area contributed by atoms with E-state index in [1.165, 1.54) is 11.1 Å². The second-order valence-corrected chi connectivity index (χ2v) is 5.26. The van der Waals surface area contributed by atoms with E-state index in [0.29, 0.717) is 17.6 Å². The Morgan fingerprint density at radius 3 is 2.53 bits per heavy atom. The van der Waals surface area contributed by atoms with Gasteiger partial charge in [-0.3, -0.25) is 0 Å². The van der Waals surface area contributed by atoms with Crippen LogP contribution >= 0.6 is 15.9 Å². The van der Waals surface area contributed by atoms with Gasteiger partial charge in [-0.2, -0.15) is 0 Å². The van der Waals surface area contributed by atoms with Crippen molar-refractivity contribution in [1.82, 2.24) is 0 Å². The molecule has 100 valence electrons. The fourth-order valence-electron chi connectivity index (χ4n) is 2.07. The van der Waals surface area contributed by atoms with Crippen LogP contribution in [0.4, 0.5) is 10.1 Å². The Balaban J connectivity index is 2.21. The third-order valence-electron chi connectivity index (χ3n) is 3.25. The highest BCUT2D eigenvalue weighted by molar-refractivity contribution is 9.08. The van der Waals surface area contributed by atoms with Crippen molar-refractivity contribution in [2.75, 3.05) is 11.9 Å². The maximum Gasteiger partial charge on any atom is 0.146 e. The Labute approximate surface area is 122 Å². The summed E-state index contributed by atoms with van der Waals surface area (Å²) in [5.41, 5.74) is 4.03. The number of anilines is 1. The Morgan fingerprint density at radius 2 is 1.89 bits per heavy atom. The molecule has 1 nitrogen and oxygen atoms in total. The minimum atomic E-state index is -0.173. The molecule has 0 unspecified atom stereocenters. The molecule has 0 amide bonds. The summed E-state index contributed by atoms with van der Waals surface area (Å²) in [6.07, 6.45) is 0. The zero-order chi connectivity index (χ0) is 13.8. The Hall–Kier alpha value is -1.35. The van der Waals surface area contributed by atoms with Crippen molar-refractivity contribution in [2.45, 2.75) is 18.8 Å². The molecule has 19 heavy (non-hydrogen) atoms. The van der Waals surface area contributed by atoms with Gasteiger partial charge in [0.1, 0.15) is 5.82 Å². The van der Waals surface area contributed by atoms with Gasteiger partial charge in [-0.1, -0.05) is 46.3 Å². The average Bonchev–Trinajstić information content (AvgIpc) is 2.41. The summed E-state index contributed by atoms with van der Waals surface area (Å²) in [6.45, 7) is 2.78. The number of aryl methyl sites for hydroxylation is 1. The molecular weight excluding hydrogens is 305 g/mol. The van der Waals surface area contributed by atoms with Crippen molar-refractivity contribution in [3.05, 3.63) is 65.0 Å². The van der Waals surface area contributed by atoms with Crippen molar-refractivity contribution < 1.29 is 4.39 Å². The van der Waals surface area contributed by atoms with E-state index in [4.69, 9.17) is 0 Å². The second kappa shape index (κ2) is 6.20. The molecule has 0 spiro atoms. The van der Waals surface area contributed by atoms with Crippen LogP contribution in [0.25, 0.3) is 0 Å². The van der Waals surface area contributed by atoms with E-state index in [1.54, 1.807) is 6.07 Å². The van der Waals surface area contributed by atoms with Crippen LogP contribution in [-0.2, 0) is 11.9 Å². The van der Waals surface area contributed by atoms with Gasteiger partial charge in [-0.05, 0) is 35.7 Å². The highest BCUT2D eigenvalue weighted by Crippen LogP contribution is 2.22. The lowest BCUT2D eigenvalue weighted by atomic mass is 10.1. The van der Waals surface area contributed by atoms with Gasteiger partial charge in [0, 0.05) is 18.9 Å². The molecule has 0 aliphatic heterocycles. The summed E-state index contributed by atoms with van der Waals surface area (Å²) in [6, 6.07) is 13.6. The molecule has 2 aromatic carbocycles. The maximum absolute atomic E-state index is 14.0. The first-order valence-corrected chi connectivity index (χ1v) is 7.34. The lowest BCUT2D eigenvalue weighted by Gasteiger charge is -2.21. The number of alkyl halides is 1. The SMILES string of the molecule is Cc1ccccc1CN(C)c1ccc(CBr)cc1F. The van der Waals surface area contributed by atoms with Crippen LogP contribution in [0.15, 0.2) is 42.5 Å². The van der Waals surface area contributed by atoms with Crippen molar-refractivity contribution in [1.29, 1.82) is 0 Å². The summed E-state index contributed by atoms with van der Waals surface area (Å²) in [7, 11) is 1.92. The van der Waals surface area contributed by atoms with Gasteiger partial charge in [0.25, 0.3) is 0 Å². The molecule has 2 aromatic rings. The molecule has 0 aliphatic rings. The molecule has 0 fully saturated rings. The molecule has 2 rings (SSSR count). The zero-order valence-electron chi connectivity index (χ0n) is 11.2. The first-order chi connectivity index (χ1) is 9.11. The van der Waals surface area contributed by atoms with Crippen LogP contribution in [0.2, 0.25) is 0 Å². The van der Waals surface area contributed by atoms with E-state index in [0.717, 1.165) is 5.56 Å². The maximum atomic E-state index is 14.0. The number of rotatable bonds is 4. The quantitative estimate of drug-likeness (QED) is 0.740. The van der Waals surface area contributed by atoms with Gasteiger partial charge < -0.3 is 4.90 Å². The molecule has 0 N–H and O–H groups in total. The summed E-state index contributed by atoms with van der Waals surface area (Å²) in [4.78, 5) is 1.94. The van der Waals surface area contributed by atoms with Crippen LogP contribution in [0.5, 0.6) is 0 Å². The van der Waals surface area contributed by atoms with Crippen LogP contribution in [0.1, 0.15) is 16.7 Å². The Kier molecular flexibility index (Phi) is 4.59. The topological polar surface area (TPSA) is 3.24 Å². The molecule has 0 heterocycles. The van der Waals surface area contributed by atoms with Gasteiger partial charge in [0.15, 0.2) is 0 Å². The first-order valence-electron chi connectivity index (χ1n) is 6.22. The third kappa shape index (κ3) is 3.35. The predicted octanol–water partition coefficient (Wildman–Crippen LogP) is 4.67. The van der Waals surface area contributed by atoms with Gasteiger partial charge in [0.05, 0.1) is 5.69 Å². The van der Waals surface area contributed by atoms with E-state index in [-0.39, 0.29) is 5.82 Å². The lowest BCUT2D eigenvalue weighted by Crippen LogP contribution is -2.18. The van der Waals surface area contributed by atoms with Gasteiger partial charge in [-0.15, -0.1) is 0 Å². The molecule has 0 atom stereocenters. The van der Waals surface area contributed by atoms with Crippen molar-refractivity contribution in [3.8, 4) is 0 Å². The number of halogens is 2. The largest absolute Gasteiger partial charge is 0.368 e. The van der Waals surface area contributed by atoms with Crippen LogP contribution in [0.3, 0.4) is 0 Å². The van der Waals surface area contributed by atoms with Crippen molar-refractivity contribution in [3.63, 3.8) is 0 Å². The van der Waals surface area contributed by atoms with E-state index < -0.39 is 0 Å². The fraction of sp³-hybridized carbons (Fsp3) is 0.250. The smallest absolute Gasteiger partial charge is 0.146 e. The minimum Gasteiger partial charge on any atom is -0.368 e. The highest BCUT2D eigenvalue weighted by atomic mass is 79.9. The Morgan fingerprint density at radius 1 is 1.16 bits per heavy atom. The Bertz CT molecular complexity index is 568. The molecule has 3 heteroatoms. The number of hydrogen-bond donors (Lipinski definition) is 0. The number of benzene rings is 2. The summed E-state index contributed by atoms with van der Waals surface area (Å²) in [5.74, 6) is -0.173. The van der Waals surface area contributed by atoms with Crippen LogP contribution in [0, 0.1) is 12.7 Å². The van der Waals surface area contributed by atoms with Crippen molar-refractivity contribution in [2.24, 2.45) is 0 Å². The summed E-state index contributed by atoms with van der Waals surface area (Å²) < 4.78 is 14.0. The first kappa shape index (κ1) is 14.1. The van der Waals surface area contributed by atoms with E-state index >= 15 is 0 Å². The lowest BCUT2D eigenvalue weighted by molar-refractivity contribution is 0.621. The van der Waals surface area contributed by atoms with E-state index in [1.807, 2.05) is 36.2 Å². The fourth-order valence-corrected chi connectivity index (χ4v) is 2.42. The van der Waals surface area contributed by atoms with E-state index in [2.05, 4.69) is 35.0 Å². The number of hydrogen-bond acceptors (Lipinski definition) is 1. The monoisotopic (exact) mass is 321 g/mol. The van der Waals surface area contributed by atoms with Gasteiger partial charge in [0.2, 0.25) is 0 Å². The predicted molar refractivity (Wildman–Crippen MR) is 82.3 cm³/mol. The normalized spacial score (nSPS) is 10.5. The number of nitrogens with zero attached hydrogens (tertiary/aromatic N) is 1. The molecule has 0 saturated heterocycles. The van der Waals surface area contributed by atoms with Crippen molar-refractivity contribution >= 4 is 21.6 Å². The molecule has 0 bridgehead atoms. The summed E-state index contributed by atoms with van der Waals surface area (Å²) in [5, 5.41) is 0.672. The minimum absolute atomic E-state index is 0.173. The second-order valence-electron chi connectivity index (χ2n) is 4.70. The zero-order valence-corrected chi connectivity index (χ0v) is 12.7. The van der Waals surface area contributed by atoms with Gasteiger partial charge >= 0.3 is 0 Å². The third-order valence-corrected chi connectivity index (χ3v) is 3.89. The van der Waals surface area contributed by atoms with Gasteiger partial charge in [-0.25, -0.2) is 4.39 Å². The van der Waals surface area contributed by atoms with Crippen LogP contribution in [-0.4, -0.2) is 7.05 Å². The molecule has 0 aromatic heterocycles. The van der Waals surface area contributed by atoms with E-state index in [9.17, 15) is 4.39 Å². The molecular formula is C16H17BrFN. The highest BCUT2D eigenvalue weighted by Gasteiger charge is 2.09. The molecule has 0 aliphatic carbocycles. The molecule has 0 radical (unpaired) electrons. The average molecular weight is 322 g/mol. The van der Waals surface area contributed by atoms with Crippen LogP contribution < -0.4 is 4.90 Å². The molecule has 0 saturated carbocycles. The standard InChI is InChI=1S/C16H17BrFN/c1-12-5-3-4-6-14(12)11-19(2)16-8-7-13(10-17)9-15(16)18/h3-9H,10-11H2,1-2H3. The summed E-state index contributed by atoms with van der Waals surface area (Å²) >= 11 is 3.34.